The van der Waals surface area contributed by atoms with E-state index in [0.717, 1.165) is 0 Å². The number of hydrogen-bond donors (Lipinski definition) is 2. The zero-order chi connectivity index (χ0) is 16.9. The van der Waals surface area contributed by atoms with Gasteiger partial charge in [0.15, 0.2) is 0 Å². The predicted octanol–water partition coefficient (Wildman–Crippen LogP) is 1.60. The third-order valence-electron chi connectivity index (χ3n) is 3.32. The molecule has 0 bridgehead atoms. The van der Waals surface area contributed by atoms with Crippen LogP contribution in [0.15, 0.2) is 0 Å². The maximum absolute atomic E-state index is 12.1. The van der Waals surface area contributed by atoms with Gasteiger partial charge < -0.3 is 20.1 Å². The van der Waals surface area contributed by atoms with Gasteiger partial charge in [0, 0.05) is 4.75 Å². The summed E-state index contributed by atoms with van der Waals surface area (Å²) in [6.45, 7) is 3.01. The highest BCUT2D eigenvalue weighted by molar-refractivity contribution is 8.01. The van der Waals surface area contributed by atoms with Crippen LogP contribution in [0.2, 0.25) is 0 Å². The molecule has 11 heteroatoms. The fourth-order valence-electron chi connectivity index (χ4n) is 2.46. The first-order chi connectivity index (χ1) is 9.94. The molecule has 0 spiro atoms. The fraction of sp³-hybridized carbons (Fsp3) is 0.727. The topological polar surface area (TPSA) is 95.9 Å². The first-order valence-corrected chi connectivity index (χ1v) is 8.18. The number of nitrogens with one attached hydrogen (secondary N) is 1. The monoisotopic (exact) mass is 390 g/mol. The Hall–Kier alpha value is -0.570. The summed E-state index contributed by atoms with van der Waals surface area (Å²) >= 11 is 17.7. The van der Waals surface area contributed by atoms with Crippen molar-refractivity contribution in [2.75, 3.05) is 6.61 Å². The molecule has 7 nitrogen and oxygen atoms in total. The van der Waals surface area contributed by atoms with E-state index in [1.54, 1.807) is 13.8 Å². The zero-order valence-corrected chi connectivity index (χ0v) is 14.6. The minimum absolute atomic E-state index is 0.455. The number of amides is 2. The van der Waals surface area contributed by atoms with Crippen LogP contribution in [0.1, 0.15) is 13.8 Å². The number of alkyl halides is 3. The lowest BCUT2D eigenvalue weighted by atomic mass is 9.96. The van der Waals surface area contributed by atoms with E-state index in [0.29, 0.717) is 0 Å². The van der Waals surface area contributed by atoms with E-state index in [1.165, 1.54) is 16.7 Å². The third-order valence-corrected chi connectivity index (χ3v) is 5.21. The van der Waals surface area contributed by atoms with Gasteiger partial charge >= 0.3 is 12.1 Å². The van der Waals surface area contributed by atoms with Crippen LogP contribution in [0.4, 0.5) is 4.79 Å². The lowest BCUT2D eigenvalue weighted by Crippen LogP contribution is -2.70. The standard InChI is InChI=1S/C11H13Cl3N2O5S/c1-10(2)5(8(18)19)16-6(17)4(7(16)22-10)15-9(20)21-3-11(12,13)14/h4-5,7H,3H2,1-2H3,(H,15,20)(H,18,19)/t4-,5+,7-/m1/s1. The van der Waals surface area contributed by atoms with E-state index in [1.807, 2.05) is 0 Å². The summed E-state index contributed by atoms with van der Waals surface area (Å²) in [7, 11) is 0. The molecular formula is C11H13Cl3N2O5S. The Morgan fingerprint density at radius 2 is 2.05 bits per heavy atom. The van der Waals surface area contributed by atoms with Gasteiger partial charge in [-0.15, -0.1) is 11.8 Å². The number of carbonyl (C=O) groups excluding carboxylic acids is 2. The van der Waals surface area contributed by atoms with Gasteiger partial charge in [-0.05, 0) is 13.8 Å². The van der Waals surface area contributed by atoms with Crippen LogP contribution in [0.3, 0.4) is 0 Å². The van der Waals surface area contributed by atoms with Gasteiger partial charge in [0.05, 0.1) is 0 Å². The van der Waals surface area contributed by atoms with Gasteiger partial charge in [-0.3, -0.25) is 4.79 Å². The van der Waals surface area contributed by atoms with E-state index in [9.17, 15) is 19.5 Å². The molecule has 3 atom stereocenters. The van der Waals surface area contributed by atoms with Gasteiger partial charge in [0.1, 0.15) is 24.1 Å². The number of carbonyl (C=O) groups is 3. The number of carboxylic acids is 1. The molecule has 2 saturated heterocycles. The van der Waals surface area contributed by atoms with Crippen molar-refractivity contribution in [2.24, 2.45) is 0 Å². The molecule has 124 valence electrons. The van der Waals surface area contributed by atoms with Crippen LogP contribution in [-0.2, 0) is 14.3 Å². The fourth-order valence-corrected chi connectivity index (χ4v) is 4.25. The summed E-state index contributed by atoms with van der Waals surface area (Å²) < 4.78 is 2.29. The van der Waals surface area contributed by atoms with Crippen LogP contribution < -0.4 is 5.32 Å². The number of carboxylic acid groups (broad SMARTS) is 1. The maximum atomic E-state index is 12.1. The second-order valence-corrected chi connectivity index (χ2v) is 9.70. The lowest BCUT2D eigenvalue weighted by Gasteiger charge is -2.43. The van der Waals surface area contributed by atoms with E-state index >= 15 is 0 Å². The Balaban J connectivity index is 1.98. The van der Waals surface area contributed by atoms with Gasteiger partial charge in [-0.1, -0.05) is 34.8 Å². The number of β-lactam (4-membered cyclic amide) rings is 1. The molecule has 0 saturated carbocycles. The van der Waals surface area contributed by atoms with Crippen molar-refractivity contribution in [1.29, 1.82) is 0 Å². The number of thioether (sulfide) groups is 1. The lowest BCUT2D eigenvalue weighted by molar-refractivity contribution is -0.160. The minimum atomic E-state index is -1.74. The molecule has 2 aliphatic rings. The SMILES string of the molecule is CC1(C)S[C@@H]2[C@H](NC(=O)OCC(Cl)(Cl)Cl)C(=O)N2[C@H]1C(=O)O. The second-order valence-electron chi connectivity index (χ2n) is 5.41. The van der Waals surface area contributed by atoms with E-state index in [2.05, 4.69) is 5.32 Å². The number of fused-ring (bicyclic) bond motifs is 1. The molecule has 2 amide bonds. The minimum Gasteiger partial charge on any atom is -0.480 e. The number of nitrogens with zero attached hydrogens (tertiary/aromatic N) is 1. The Bertz CT molecular complexity index is 524. The summed E-state index contributed by atoms with van der Waals surface area (Å²) in [4.78, 5) is 36.3. The second kappa shape index (κ2) is 5.81. The van der Waals surface area contributed by atoms with Crippen molar-refractivity contribution >= 4 is 64.5 Å². The quantitative estimate of drug-likeness (QED) is 0.560. The van der Waals surface area contributed by atoms with E-state index < -0.39 is 50.6 Å². The van der Waals surface area contributed by atoms with Crippen LogP contribution in [0.25, 0.3) is 0 Å². The Kier molecular flexibility index (Phi) is 4.70. The summed E-state index contributed by atoms with van der Waals surface area (Å²) in [5.41, 5.74) is 0. The van der Waals surface area contributed by atoms with Crippen LogP contribution in [0, 0.1) is 0 Å². The van der Waals surface area contributed by atoms with Crippen LogP contribution in [0.5, 0.6) is 0 Å². The molecule has 2 N–H and O–H groups in total. The van der Waals surface area contributed by atoms with Gasteiger partial charge in [-0.2, -0.15) is 0 Å². The highest BCUT2D eigenvalue weighted by Gasteiger charge is 2.64. The molecule has 0 radical (unpaired) electrons. The van der Waals surface area contributed by atoms with Crippen molar-refractivity contribution in [1.82, 2.24) is 10.2 Å². The molecule has 0 unspecified atom stereocenters. The zero-order valence-electron chi connectivity index (χ0n) is 11.5. The smallest absolute Gasteiger partial charge is 0.408 e. The average Bonchev–Trinajstić information content (AvgIpc) is 2.61. The number of rotatable bonds is 3. The van der Waals surface area contributed by atoms with Gasteiger partial charge in [-0.25, -0.2) is 9.59 Å². The van der Waals surface area contributed by atoms with E-state index in [4.69, 9.17) is 39.5 Å². The first-order valence-electron chi connectivity index (χ1n) is 6.17. The summed E-state index contributed by atoms with van der Waals surface area (Å²) in [5, 5.41) is 11.2. The van der Waals surface area contributed by atoms with Gasteiger partial charge in [0.25, 0.3) is 0 Å². The van der Waals surface area contributed by atoms with Crippen molar-refractivity contribution in [3.8, 4) is 0 Å². The molecule has 0 aromatic heterocycles. The van der Waals surface area contributed by atoms with Crippen LogP contribution >= 0.6 is 46.6 Å². The molecule has 2 fully saturated rings. The average molecular weight is 392 g/mol. The number of ether oxygens (including phenoxy) is 1. The molecule has 2 heterocycles. The van der Waals surface area contributed by atoms with E-state index in [-0.39, 0.29) is 0 Å². The largest absolute Gasteiger partial charge is 0.480 e. The highest BCUT2D eigenvalue weighted by atomic mass is 35.6. The van der Waals surface area contributed by atoms with Crippen molar-refractivity contribution in [3.05, 3.63) is 0 Å². The third kappa shape index (κ3) is 3.34. The molecule has 0 aliphatic carbocycles. The van der Waals surface area contributed by atoms with Crippen molar-refractivity contribution in [2.45, 2.75) is 39.8 Å². The maximum Gasteiger partial charge on any atom is 0.408 e. The van der Waals surface area contributed by atoms with Gasteiger partial charge in [0.2, 0.25) is 9.70 Å². The molecule has 0 aromatic carbocycles. The van der Waals surface area contributed by atoms with Crippen LogP contribution in [-0.4, -0.2) is 60.6 Å². The number of hydrogen-bond acceptors (Lipinski definition) is 5. The highest BCUT2D eigenvalue weighted by Crippen LogP contribution is 2.50. The first kappa shape index (κ1) is 17.8. The predicted molar refractivity (Wildman–Crippen MR) is 82.3 cm³/mol. The van der Waals surface area contributed by atoms with Crippen molar-refractivity contribution in [3.63, 3.8) is 0 Å². The molecule has 22 heavy (non-hydrogen) atoms. The Morgan fingerprint density at radius 3 is 2.55 bits per heavy atom. The summed E-state index contributed by atoms with van der Waals surface area (Å²) in [6.07, 6.45) is -0.901. The summed E-state index contributed by atoms with van der Waals surface area (Å²) in [6, 6.07) is -1.79. The number of aliphatic carboxylic acids is 1. The number of halogens is 3. The van der Waals surface area contributed by atoms with Crippen molar-refractivity contribution < 1.29 is 24.2 Å². The Morgan fingerprint density at radius 1 is 1.45 bits per heavy atom. The summed E-state index contributed by atoms with van der Waals surface area (Å²) in [5.74, 6) is -1.55. The molecular weight excluding hydrogens is 379 g/mol. The normalized spacial score (nSPS) is 29.6. The molecule has 0 aromatic rings. The Labute approximate surface area is 145 Å². The molecule has 2 aliphatic heterocycles. The number of alkyl carbamates (subject to hydrolysis) is 1. The molecule has 2 rings (SSSR count).